The van der Waals surface area contributed by atoms with Crippen molar-refractivity contribution in [3.05, 3.63) is 64.9 Å². The Hall–Kier alpha value is -3.61. The minimum atomic E-state index is -1.03. The van der Waals surface area contributed by atoms with Gasteiger partial charge in [-0.25, -0.2) is 0 Å². The Morgan fingerprint density at radius 2 is 1.89 bits per heavy atom. The number of benzene rings is 2. The van der Waals surface area contributed by atoms with Crippen molar-refractivity contribution in [3.8, 4) is 17.2 Å². The number of phenolic OH excluding ortho intramolecular Hbond substituents is 1. The SMILES string of the molecule is COc1cc(C)cc(O)c1C(=O)c1cccc(O/C=C\[C@@H](C)C(=O)O)c1C=O. The summed E-state index contributed by atoms with van der Waals surface area (Å²) < 4.78 is 10.6. The van der Waals surface area contributed by atoms with Gasteiger partial charge in [-0.3, -0.25) is 14.4 Å². The van der Waals surface area contributed by atoms with Crippen LogP contribution in [-0.2, 0) is 4.79 Å². The predicted molar refractivity (Wildman–Crippen MR) is 101 cm³/mol. The molecule has 1 atom stereocenters. The van der Waals surface area contributed by atoms with Gasteiger partial charge < -0.3 is 19.7 Å². The number of aliphatic carboxylic acids is 1. The van der Waals surface area contributed by atoms with Crippen molar-refractivity contribution in [1.82, 2.24) is 0 Å². The Bertz CT molecular complexity index is 944. The largest absolute Gasteiger partial charge is 0.507 e. The van der Waals surface area contributed by atoms with E-state index in [1.54, 1.807) is 13.0 Å². The average Bonchev–Trinajstić information content (AvgIpc) is 2.66. The molecule has 0 aromatic heterocycles. The Labute approximate surface area is 161 Å². The first-order valence-corrected chi connectivity index (χ1v) is 8.36. The molecule has 0 unspecified atom stereocenters. The summed E-state index contributed by atoms with van der Waals surface area (Å²) in [6, 6.07) is 7.45. The molecule has 0 bridgehead atoms. The van der Waals surface area contributed by atoms with Gasteiger partial charge in [0, 0.05) is 5.56 Å². The maximum absolute atomic E-state index is 13.0. The molecule has 0 radical (unpaired) electrons. The molecular weight excluding hydrogens is 364 g/mol. The highest BCUT2D eigenvalue weighted by molar-refractivity contribution is 6.16. The van der Waals surface area contributed by atoms with E-state index in [4.69, 9.17) is 14.6 Å². The zero-order valence-corrected chi connectivity index (χ0v) is 15.6. The third-order valence-corrected chi connectivity index (χ3v) is 4.05. The number of ketones is 1. The molecule has 0 aliphatic rings. The number of aldehydes is 1. The van der Waals surface area contributed by atoms with E-state index in [9.17, 15) is 19.5 Å². The molecule has 0 saturated carbocycles. The van der Waals surface area contributed by atoms with Gasteiger partial charge in [0.1, 0.15) is 22.8 Å². The second-order valence-electron chi connectivity index (χ2n) is 6.10. The minimum absolute atomic E-state index is 0.0182. The van der Waals surface area contributed by atoms with Crippen LogP contribution in [0, 0.1) is 12.8 Å². The van der Waals surface area contributed by atoms with E-state index in [0.29, 0.717) is 11.8 Å². The van der Waals surface area contributed by atoms with E-state index < -0.39 is 17.7 Å². The van der Waals surface area contributed by atoms with E-state index in [1.807, 2.05) is 0 Å². The van der Waals surface area contributed by atoms with Gasteiger partial charge >= 0.3 is 5.97 Å². The standard InChI is InChI=1S/C21H20O7/c1-12-9-16(23)19(18(10-12)27-3)20(24)14-5-4-6-17(15(14)11-22)28-8-7-13(2)21(25)26/h4-11,13,23H,1-3H3,(H,25,26)/b8-7-/t13-/m1/s1. The lowest BCUT2D eigenvalue weighted by Crippen LogP contribution is -2.09. The monoisotopic (exact) mass is 384 g/mol. The first kappa shape index (κ1) is 20.7. The number of carboxylic acids is 1. The maximum atomic E-state index is 13.0. The number of ether oxygens (including phenoxy) is 2. The van der Waals surface area contributed by atoms with E-state index in [-0.39, 0.29) is 33.9 Å². The van der Waals surface area contributed by atoms with Crippen molar-refractivity contribution in [2.75, 3.05) is 7.11 Å². The van der Waals surface area contributed by atoms with Crippen LogP contribution in [-0.4, -0.2) is 35.4 Å². The van der Waals surface area contributed by atoms with Gasteiger partial charge in [-0.2, -0.15) is 0 Å². The summed E-state index contributed by atoms with van der Waals surface area (Å²) in [5.41, 5.74) is 0.631. The molecule has 2 aromatic rings. The number of aryl methyl sites for hydroxylation is 1. The summed E-state index contributed by atoms with van der Waals surface area (Å²) in [7, 11) is 1.37. The number of hydrogen-bond donors (Lipinski definition) is 2. The van der Waals surface area contributed by atoms with Gasteiger partial charge in [-0.1, -0.05) is 12.1 Å². The lowest BCUT2D eigenvalue weighted by molar-refractivity contribution is -0.139. The molecule has 2 N–H and O–H groups in total. The molecule has 28 heavy (non-hydrogen) atoms. The fraction of sp³-hybridized carbons (Fsp3) is 0.190. The van der Waals surface area contributed by atoms with E-state index in [1.165, 1.54) is 44.4 Å². The Kier molecular flexibility index (Phi) is 6.55. The van der Waals surface area contributed by atoms with Crippen LogP contribution in [0.5, 0.6) is 17.2 Å². The van der Waals surface area contributed by atoms with E-state index in [2.05, 4.69) is 0 Å². The number of carbonyl (C=O) groups is 3. The second kappa shape index (κ2) is 8.85. The zero-order valence-electron chi connectivity index (χ0n) is 15.6. The van der Waals surface area contributed by atoms with Gasteiger partial charge in [0.05, 0.1) is 24.9 Å². The molecule has 0 fully saturated rings. The average molecular weight is 384 g/mol. The van der Waals surface area contributed by atoms with Crippen molar-refractivity contribution >= 4 is 18.0 Å². The van der Waals surface area contributed by atoms with Crippen LogP contribution in [0.1, 0.15) is 38.8 Å². The van der Waals surface area contributed by atoms with E-state index >= 15 is 0 Å². The van der Waals surface area contributed by atoms with Crippen molar-refractivity contribution in [2.45, 2.75) is 13.8 Å². The highest BCUT2D eigenvalue weighted by atomic mass is 16.5. The number of aromatic hydroxyl groups is 1. The molecule has 2 aromatic carbocycles. The fourth-order valence-corrected chi connectivity index (χ4v) is 2.54. The van der Waals surface area contributed by atoms with Gasteiger partial charge in [0.15, 0.2) is 6.29 Å². The Morgan fingerprint density at radius 3 is 2.50 bits per heavy atom. The van der Waals surface area contributed by atoms with Crippen LogP contribution in [0.25, 0.3) is 0 Å². The second-order valence-corrected chi connectivity index (χ2v) is 6.10. The smallest absolute Gasteiger partial charge is 0.310 e. The van der Waals surface area contributed by atoms with Gasteiger partial charge in [0.2, 0.25) is 5.78 Å². The highest BCUT2D eigenvalue weighted by Crippen LogP contribution is 2.33. The molecule has 0 heterocycles. The van der Waals surface area contributed by atoms with Crippen LogP contribution in [0.3, 0.4) is 0 Å². The zero-order chi connectivity index (χ0) is 20.8. The predicted octanol–water partition coefficient (Wildman–Crippen LogP) is 3.37. The van der Waals surface area contributed by atoms with Crippen molar-refractivity contribution in [3.63, 3.8) is 0 Å². The summed E-state index contributed by atoms with van der Waals surface area (Å²) >= 11 is 0. The third kappa shape index (κ3) is 4.37. The highest BCUT2D eigenvalue weighted by Gasteiger charge is 2.23. The fourth-order valence-electron chi connectivity index (χ4n) is 2.54. The summed E-state index contributed by atoms with van der Waals surface area (Å²) in [5, 5.41) is 19.1. The molecule has 0 saturated heterocycles. The number of methoxy groups -OCH3 is 1. The topological polar surface area (TPSA) is 110 Å². The van der Waals surface area contributed by atoms with Crippen molar-refractivity contribution in [2.24, 2.45) is 5.92 Å². The van der Waals surface area contributed by atoms with Gasteiger partial charge in [0.25, 0.3) is 0 Å². The third-order valence-electron chi connectivity index (χ3n) is 4.05. The molecule has 2 rings (SSSR count). The summed E-state index contributed by atoms with van der Waals surface area (Å²) in [6.07, 6.45) is 2.92. The summed E-state index contributed by atoms with van der Waals surface area (Å²) in [4.78, 5) is 35.5. The first-order chi connectivity index (χ1) is 13.3. The summed E-state index contributed by atoms with van der Waals surface area (Å²) in [6.45, 7) is 3.21. The molecule has 146 valence electrons. The van der Waals surface area contributed by atoms with Crippen LogP contribution in [0.15, 0.2) is 42.7 Å². The molecular formula is C21H20O7. The van der Waals surface area contributed by atoms with Crippen LogP contribution >= 0.6 is 0 Å². The summed E-state index contributed by atoms with van der Waals surface area (Å²) in [5.74, 6) is -2.41. The van der Waals surface area contributed by atoms with Crippen molar-refractivity contribution in [1.29, 1.82) is 0 Å². The van der Waals surface area contributed by atoms with Gasteiger partial charge in [-0.15, -0.1) is 0 Å². The lowest BCUT2D eigenvalue weighted by atomic mass is 9.96. The number of carbonyl (C=O) groups excluding carboxylic acids is 2. The quantitative estimate of drug-likeness (QED) is 0.408. The molecule has 0 amide bonds. The van der Waals surface area contributed by atoms with Crippen LogP contribution in [0.4, 0.5) is 0 Å². The van der Waals surface area contributed by atoms with Crippen LogP contribution < -0.4 is 9.47 Å². The Balaban J connectivity index is 2.46. The minimum Gasteiger partial charge on any atom is -0.507 e. The molecule has 0 aliphatic heterocycles. The normalized spacial score (nSPS) is 11.8. The number of phenols is 1. The number of rotatable bonds is 8. The first-order valence-electron chi connectivity index (χ1n) is 8.36. The van der Waals surface area contributed by atoms with Crippen LogP contribution in [0.2, 0.25) is 0 Å². The molecule has 0 aliphatic carbocycles. The molecule has 0 spiro atoms. The lowest BCUT2D eigenvalue weighted by Gasteiger charge is -2.13. The number of carboxylic acid groups (broad SMARTS) is 1. The molecule has 7 nitrogen and oxygen atoms in total. The van der Waals surface area contributed by atoms with Gasteiger partial charge in [-0.05, 0) is 43.7 Å². The van der Waals surface area contributed by atoms with Crippen molar-refractivity contribution < 1.29 is 34.1 Å². The Morgan fingerprint density at radius 1 is 1.18 bits per heavy atom. The molecule has 7 heteroatoms. The number of hydrogen-bond acceptors (Lipinski definition) is 6. The maximum Gasteiger partial charge on any atom is 0.310 e. The van der Waals surface area contributed by atoms with E-state index in [0.717, 1.165) is 6.26 Å².